The summed E-state index contributed by atoms with van der Waals surface area (Å²) in [7, 11) is 0. The van der Waals surface area contributed by atoms with Crippen molar-refractivity contribution in [1.82, 2.24) is 0 Å². The molecule has 0 bridgehead atoms. The second kappa shape index (κ2) is 8.04. The number of nitrogens with two attached hydrogens (primary N) is 1. The molecule has 1 aromatic carbocycles. The fraction of sp³-hybridized carbons (Fsp3) is 0.571. The van der Waals surface area contributed by atoms with E-state index in [1.54, 1.807) is 19.1 Å². The van der Waals surface area contributed by atoms with Gasteiger partial charge in [-0.2, -0.15) is 13.2 Å². The van der Waals surface area contributed by atoms with Crippen molar-refractivity contribution >= 4 is 0 Å². The molecule has 1 rings (SSSR count). The normalized spacial score (nSPS) is 12.7. The van der Waals surface area contributed by atoms with Gasteiger partial charge in [0.15, 0.2) is 6.61 Å². The Balaban J connectivity index is 0.000000711. The first-order valence-corrected chi connectivity index (χ1v) is 6.17. The van der Waals surface area contributed by atoms with E-state index in [-0.39, 0.29) is 11.8 Å². The van der Waals surface area contributed by atoms with Gasteiger partial charge in [-0.05, 0) is 30.5 Å². The van der Waals surface area contributed by atoms with Gasteiger partial charge in [0.05, 0.1) is 0 Å². The molecule has 0 aliphatic carbocycles. The maximum absolute atomic E-state index is 11.8. The lowest BCUT2D eigenvalue weighted by molar-refractivity contribution is -0.153. The van der Waals surface area contributed by atoms with E-state index in [1.807, 2.05) is 0 Å². The largest absolute Gasteiger partial charge is 0.484 e. The Labute approximate surface area is 112 Å². The van der Waals surface area contributed by atoms with E-state index in [1.165, 1.54) is 12.1 Å². The lowest BCUT2D eigenvalue weighted by Crippen LogP contribution is -2.19. The smallest absolute Gasteiger partial charge is 0.422 e. The fourth-order valence-electron chi connectivity index (χ4n) is 1.03. The zero-order chi connectivity index (χ0) is 15.1. The van der Waals surface area contributed by atoms with Crippen molar-refractivity contribution in [1.29, 1.82) is 0 Å². The maximum Gasteiger partial charge on any atom is 0.422 e. The summed E-state index contributed by atoms with van der Waals surface area (Å²) >= 11 is 0. The van der Waals surface area contributed by atoms with Gasteiger partial charge in [-0.1, -0.05) is 32.9 Å². The van der Waals surface area contributed by atoms with E-state index < -0.39 is 12.8 Å². The third kappa shape index (κ3) is 10.4. The van der Waals surface area contributed by atoms with Crippen molar-refractivity contribution in [2.24, 2.45) is 11.7 Å². The van der Waals surface area contributed by atoms with E-state index in [0.29, 0.717) is 0 Å². The first-order valence-electron chi connectivity index (χ1n) is 6.17. The molecule has 2 nitrogen and oxygen atoms in total. The van der Waals surface area contributed by atoms with Crippen LogP contribution in [0.2, 0.25) is 0 Å². The summed E-state index contributed by atoms with van der Waals surface area (Å²) in [4.78, 5) is 0. The predicted octanol–water partition coefficient (Wildman–Crippen LogP) is 4.31. The van der Waals surface area contributed by atoms with Crippen LogP contribution >= 0.6 is 0 Å². The Morgan fingerprint density at radius 3 is 1.79 bits per heavy atom. The van der Waals surface area contributed by atoms with Crippen molar-refractivity contribution in [2.75, 3.05) is 6.61 Å². The molecule has 0 heterocycles. The minimum Gasteiger partial charge on any atom is -0.484 e. The summed E-state index contributed by atoms with van der Waals surface area (Å²) in [6.07, 6.45) is -4.31. The maximum atomic E-state index is 11.8. The molecule has 1 atom stereocenters. The molecule has 0 saturated carbocycles. The quantitative estimate of drug-likeness (QED) is 0.893. The van der Waals surface area contributed by atoms with Crippen LogP contribution in [0.1, 0.15) is 39.3 Å². The summed E-state index contributed by atoms with van der Waals surface area (Å²) < 4.78 is 40.0. The minimum atomic E-state index is -4.31. The van der Waals surface area contributed by atoms with Crippen LogP contribution in [0.5, 0.6) is 5.75 Å². The number of rotatable bonds is 3. The van der Waals surface area contributed by atoms with Gasteiger partial charge in [0, 0.05) is 6.04 Å². The molecule has 0 radical (unpaired) electrons. The third-order valence-corrected chi connectivity index (χ3v) is 1.81. The Hall–Kier alpha value is -1.23. The molecule has 1 aromatic rings. The van der Waals surface area contributed by atoms with Gasteiger partial charge in [0.1, 0.15) is 5.75 Å². The molecule has 0 fully saturated rings. The first kappa shape index (κ1) is 17.8. The summed E-state index contributed by atoms with van der Waals surface area (Å²) in [6.45, 7) is 7.02. The topological polar surface area (TPSA) is 35.2 Å². The third-order valence-electron chi connectivity index (χ3n) is 1.81. The van der Waals surface area contributed by atoms with Gasteiger partial charge < -0.3 is 10.5 Å². The van der Waals surface area contributed by atoms with Crippen LogP contribution in [0.3, 0.4) is 0 Å². The molecule has 110 valence electrons. The molecule has 2 N–H and O–H groups in total. The number of ether oxygens (including phenoxy) is 1. The van der Waals surface area contributed by atoms with Gasteiger partial charge in [-0.15, -0.1) is 0 Å². The molecule has 0 aliphatic heterocycles. The van der Waals surface area contributed by atoms with Crippen LogP contribution in [-0.4, -0.2) is 12.8 Å². The number of alkyl halides is 3. The summed E-state index contributed by atoms with van der Waals surface area (Å²) in [5.74, 6) is 1.02. The highest BCUT2D eigenvalue weighted by Crippen LogP contribution is 2.20. The number of hydrogen-bond acceptors (Lipinski definition) is 2. The average Bonchev–Trinajstić information content (AvgIpc) is 2.25. The van der Waals surface area contributed by atoms with E-state index in [2.05, 4.69) is 25.5 Å². The standard InChI is InChI=1S/C10H12F3NO.C4H10/c1-7(14)8-2-4-9(5-3-8)15-6-10(11,12)13;1-4(2)3/h2-5,7H,6,14H2,1H3;4H,1-3H3/t7-;/m0./s1. The zero-order valence-corrected chi connectivity index (χ0v) is 11.8. The Morgan fingerprint density at radius 2 is 1.47 bits per heavy atom. The molecule has 0 spiro atoms. The zero-order valence-electron chi connectivity index (χ0n) is 11.8. The van der Waals surface area contributed by atoms with Crippen LogP contribution in [0, 0.1) is 5.92 Å². The van der Waals surface area contributed by atoms with E-state index in [4.69, 9.17) is 5.73 Å². The lowest BCUT2D eigenvalue weighted by Gasteiger charge is -2.10. The van der Waals surface area contributed by atoms with Crippen molar-refractivity contribution in [3.63, 3.8) is 0 Å². The molecule has 0 amide bonds. The molecule has 0 aromatic heterocycles. The van der Waals surface area contributed by atoms with E-state index in [0.717, 1.165) is 11.5 Å². The van der Waals surface area contributed by atoms with Crippen molar-refractivity contribution in [3.05, 3.63) is 29.8 Å². The first-order chi connectivity index (χ1) is 8.61. The van der Waals surface area contributed by atoms with Gasteiger partial charge in [0.25, 0.3) is 0 Å². The number of hydrogen-bond donors (Lipinski definition) is 1. The minimum absolute atomic E-state index is 0.137. The second-order valence-corrected chi connectivity index (χ2v) is 4.99. The molecule has 0 saturated heterocycles. The lowest BCUT2D eigenvalue weighted by atomic mass is 10.1. The van der Waals surface area contributed by atoms with Gasteiger partial charge in [0.2, 0.25) is 0 Å². The van der Waals surface area contributed by atoms with E-state index in [9.17, 15) is 13.2 Å². The molecule has 0 unspecified atom stereocenters. The van der Waals surface area contributed by atoms with Crippen molar-refractivity contribution < 1.29 is 17.9 Å². The molecule has 5 heteroatoms. The average molecular weight is 277 g/mol. The van der Waals surface area contributed by atoms with Gasteiger partial charge in [-0.3, -0.25) is 0 Å². The number of benzene rings is 1. The van der Waals surface area contributed by atoms with Crippen molar-refractivity contribution in [3.8, 4) is 5.75 Å². The molecule has 0 aliphatic rings. The molecular weight excluding hydrogens is 255 g/mol. The molecule has 19 heavy (non-hydrogen) atoms. The highest BCUT2D eigenvalue weighted by molar-refractivity contribution is 5.28. The predicted molar refractivity (Wildman–Crippen MR) is 71.1 cm³/mol. The Kier molecular flexibility index (Phi) is 7.52. The summed E-state index contributed by atoms with van der Waals surface area (Å²) in [5.41, 5.74) is 6.44. The van der Waals surface area contributed by atoms with Crippen LogP contribution in [0.15, 0.2) is 24.3 Å². The Bertz CT molecular complexity index is 342. The van der Waals surface area contributed by atoms with Crippen molar-refractivity contribution in [2.45, 2.75) is 39.9 Å². The van der Waals surface area contributed by atoms with Crippen LogP contribution in [-0.2, 0) is 0 Å². The SMILES string of the molecule is CC(C)C.C[C@H](N)c1ccc(OCC(F)(F)F)cc1. The van der Waals surface area contributed by atoms with Crippen LogP contribution < -0.4 is 10.5 Å². The summed E-state index contributed by atoms with van der Waals surface area (Å²) in [6, 6.07) is 6.11. The monoisotopic (exact) mass is 277 g/mol. The fourth-order valence-corrected chi connectivity index (χ4v) is 1.03. The van der Waals surface area contributed by atoms with E-state index >= 15 is 0 Å². The highest BCUT2D eigenvalue weighted by atomic mass is 19.4. The van der Waals surface area contributed by atoms with Crippen LogP contribution in [0.4, 0.5) is 13.2 Å². The highest BCUT2D eigenvalue weighted by Gasteiger charge is 2.28. The number of halogens is 3. The molecular formula is C14H22F3NO. The van der Waals surface area contributed by atoms with Gasteiger partial charge in [-0.25, -0.2) is 0 Å². The second-order valence-electron chi connectivity index (χ2n) is 4.99. The van der Waals surface area contributed by atoms with Crippen LogP contribution in [0.25, 0.3) is 0 Å². The Morgan fingerprint density at radius 1 is 1.05 bits per heavy atom. The van der Waals surface area contributed by atoms with Gasteiger partial charge >= 0.3 is 6.18 Å². The summed E-state index contributed by atoms with van der Waals surface area (Å²) in [5, 5.41) is 0.